The second kappa shape index (κ2) is 9.85. The standard InChI is InChI=1S/C25H22Cl2N4O3/c1-13-7-8-19(27)16(9-13)24(32)28-15-10-17(23-21(11-15)29-22(31-23)12-34-3)25(33)30-20-6-4-5-18(26)14(20)2/h4-11H,12H2,1-3H3,(H,28,32)(H,29,31)(H,30,33). The summed E-state index contributed by atoms with van der Waals surface area (Å²) < 4.78 is 5.17. The Morgan fingerprint density at radius 1 is 0.971 bits per heavy atom. The van der Waals surface area contributed by atoms with E-state index in [2.05, 4.69) is 20.6 Å². The maximum Gasteiger partial charge on any atom is 0.258 e. The van der Waals surface area contributed by atoms with E-state index in [0.717, 1.165) is 11.1 Å². The number of hydrogen-bond acceptors (Lipinski definition) is 4. The Balaban J connectivity index is 1.74. The minimum absolute atomic E-state index is 0.240. The Morgan fingerprint density at radius 3 is 2.50 bits per heavy atom. The van der Waals surface area contributed by atoms with Gasteiger partial charge < -0.3 is 20.4 Å². The van der Waals surface area contributed by atoms with E-state index in [-0.39, 0.29) is 18.1 Å². The van der Waals surface area contributed by atoms with Gasteiger partial charge in [-0.05, 0) is 55.8 Å². The molecule has 0 saturated heterocycles. The molecule has 0 atom stereocenters. The van der Waals surface area contributed by atoms with Crippen molar-refractivity contribution in [3.05, 3.63) is 86.7 Å². The minimum atomic E-state index is -0.393. The first-order chi connectivity index (χ1) is 16.3. The van der Waals surface area contributed by atoms with Crippen molar-refractivity contribution in [2.75, 3.05) is 17.7 Å². The predicted octanol–water partition coefficient (Wildman–Crippen LogP) is 6.14. The molecule has 0 aliphatic rings. The number of hydrogen-bond donors (Lipinski definition) is 3. The van der Waals surface area contributed by atoms with Crippen LogP contribution >= 0.6 is 23.2 Å². The van der Waals surface area contributed by atoms with Crippen LogP contribution in [0.4, 0.5) is 11.4 Å². The Labute approximate surface area is 206 Å². The fourth-order valence-electron chi connectivity index (χ4n) is 3.56. The number of aromatic amines is 1. The number of imidazole rings is 1. The van der Waals surface area contributed by atoms with Crippen LogP contribution in [0.3, 0.4) is 0 Å². The fraction of sp³-hybridized carbons (Fsp3) is 0.160. The molecule has 9 heteroatoms. The summed E-state index contributed by atoms with van der Waals surface area (Å²) in [4.78, 5) is 33.9. The van der Waals surface area contributed by atoms with Crippen molar-refractivity contribution in [2.45, 2.75) is 20.5 Å². The second-order valence-corrected chi connectivity index (χ2v) is 8.65. The van der Waals surface area contributed by atoms with Crippen molar-refractivity contribution < 1.29 is 14.3 Å². The van der Waals surface area contributed by atoms with Crippen LogP contribution in [-0.4, -0.2) is 28.9 Å². The van der Waals surface area contributed by atoms with E-state index in [1.807, 2.05) is 19.9 Å². The number of rotatable bonds is 6. The summed E-state index contributed by atoms with van der Waals surface area (Å²) >= 11 is 12.4. The Hall–Kier alpha value is -3.39. The molecule has 7 nitrogen and oxygen atoms in total. The van der Waals surface area contributed by atoms with E-state index >= 15 is 0 Å². The molecular formula is C25H22Cl2N4O3. The third-order valence-electron chi connectivity index (χ3n) is 5.30. The number of nitrogens with one attached hydrogen (secondary N) is 3. The van der Waals surface area contributed by atoms with E-state index in [4.69, 9.17) is 27.9 Å². The summed E-state index contributed by atoms with van der Waals surface area (Å²) in [7, 11) is 1.56. The number of halogens is 2. The van der Waals surface area contributed by atoms with Gasteiger partial charge in [-0.15, -0.1) is 0 Å². The Bertz CT molecular complexity index is 1420. The van der Waals surface area contributed by atoms with Crippen LogP contribution in [-0.2, 0) is 11.3 Å². The van der Waals surface area contributed by atoms with Crippen molar-refractivity contribution in [2.24, 2.45) is 0 Å². The van der Waals surface area contributed by atoms with Gasteiger partial charge in [0, 0.05) is 23.5 Å². The maximum absolute atomic E-state index is 13.3. The lowest BCUT2D eigenvalue weighted by Gasteiger charge is -2.12. The number of fused-ring (bicyclic) bond motifs is 1. The third kappa shape index (κ3) is 4.92. The zero-order chi connectivity index (χ0) is 24.4. The van der Waals surface area contributed by atoms with Gasteiger partial charge in [0.25, 0.3) is 11.8 Å². The predicted molar refractivity (Wildman–Crippen MR) is 135 cm³/mol. The second-order valence-electron chi connectivity index (χ2n) is 7.84. The molecule has 0 radical (unpaired) electrons. The van der Waals surface area contributed by atoms with Crippen molar-refractivity contribution in [3.8, 4) is 0 Å². The minimum Gasteiger partial charge on any atom is -0.377 e. The summed E-state index contributed by atoms with van der Waals surface area (Å²) in [6, 6.07) is 13.8. The molecule has 1 heterocycles. The van der Waals surface area contributed by atoms with Crippen LogP contribution in [0.2, 0.25) is 10.0 Å². The smallest absolute Gasteiger partial charge is 0.258 e. The van der Waals surface area contributed by atoms with Gasteiger partial charge in [-0.3, -0.25) is 9.59 Å². The van der Waals surface area contributed by atoms with Gasteiger partial charge in [-0.25, -0.2) is 4.98 Å². The molecule has 0 aliphatic heterocycles. The van der Waals surface area contributed by atoms with Gasteiger partial charge in [-0.2, -0.15) is 0 Å². The SMILES string of the molecule is COCc1nc2c(C(=O)Nc3cccc(Cl)c3C)cc(NC(=O)c3cc(C)ccc3Cl)cc2[nH]1. The molecule has 0 unspecified atom stereocenters. The highest BCUT2D eigenvalue weighted by atomic mass is 35.5. The summed E-state index contributed by atoms with van der Waals surface area (Å²) in [5, 5.41) is 6.60. The first-order valence-corrected chi connectivity index (χ1v) is 11.2. The lowest BCUT2D eigenvalue weighted by molar-refractivity contribution is 0.101. The Kier molecular flexibility index (Phi) is 6.88. The number of methoxy groups -OCH3 is 1. The van der Waals surface area contributed by atoms with Crippen molar-refractivity contribution in [1.29, 1.82) is 0 Å². The molecule has 174 valence electrons. The quantitative estimate of drug-likeness (QED) is 0.298. The largest absolute Gasteiger partial charge is 0.377 e. The van der Waals surface area contributed by atoms with Gasteiger partial charge in [-0.1, -0.05) is 40.9 Å². The number of aromatic nitrogens is 2. The molecule has 3 aromatic carbocycles. The highest BCUT2D eigenvalue weighted by Crippen LogP contribution is 2.28. The maximum atomic E-state index is 13.3. The number of H-pyrrole nitrogens is 1. The van der Waals surface area contributed by atoms with Crippen LogP contribution in [0, 0.1) is 13.8 Å². The number of anilines is 2. The van der Waals surface area contributed by atoms with Gasteiger partial charge in [0.2, 0.25) is 0 Å². The number of carbonyl (C=O) groups excluding carboxylic acids is 2. The number of nitrogens with zero attached hydrogens (tertiary/aromatic N) is 1. The molecule has 1 aromatic heterocycles. The number of aryl methyl sites for hydroxylation is 1. The van der Waals surface area contributed by atoms with Gasteiger partial charge in [0.05, 0.1) is 21.7 Å². The topological polar surface area (TPSA) is 96.1 Å². The molecule has 0 aliphatic carbocycles. The van der Waals surface area contributed by atoms with Gasteiger partial charge in [0.15, 0.2) is 0 Å². The number of benzene rings is 3. The summed E-state index contributed by atoms with van der Waals surface area (Å²) in [6.07, 6.45) is 0. The first-order valence-electron chi connectivity index (χ1n) is 10.4. The normalized spacial score (nSPS) is 11.0. The van der Waals surface area contributed by atoms with Crippen LogP contribution in [0.15, 0.2) is 48.5 Å². The highest BCUT2D eigenvalue weighted by Gasteiger charge is 2.19. The third-order valence-corrected chi connectivity index (χ3v) is 6.04. The molecule has 0 spiro atoms. The summed E-state index contributed by atoms with van der Waals surface area (Å²) in [6.45, 7) is 3.94. The van der Waals surface area contributed by atoms with Crippen LogP contribution in [0.1, 0.15) is 37.7 Å². The molecule has 3 N–H and O–H groups in total. The van der Waals surface area contributed by atoms with Crippen molar-refractivity contribution in [1.82, 2.24) is 9.97 Å². The summed E-state index contributed by atoms with van der Waals surface area (Å²) in [5.41, 5.74) is 4.29. The van der Waals surface area contributed by atoms with E-state index < -0.39 is 5.91 Å². The lowest BCUT2D eigenvalue weighted by atomic mass is 10.1. The monoisotopic (exact) mass is 496 g/mol. The molecular weight excluding hydrogens is 475 g/mol. The van der Waals surface area contributed by atoms with Gasteiger partial charge in [0.1, 0.15) is 17.9 Å². The molecule has 0 fully saturated rings. The van der Waals surface area contributed by atoms with E-state index in [9.17, 15) is 9.59 Å². The number of amides is 2. The molecule has 2 amide bonds. The first kappa shape index (κ1) is 23.8. The molecule has 34 heavy (non-hydrogen) atoms. The summed E-state index contributed by atoms with van der Waals surface area (Å²) in [5.74, 6) is -0.229. The van der Waals surface area contributed by atoms with E-state index in [1.165, 1.54) is 0 Å². The average molecular weight is 497 g/mol. The molecule has 4 aromatic rings. The van der Waals surface area contributed by atoms with E-state index in [0.29, 0.717) is 43.8 Å². The van der Waals surface area contributed by atoms with Crippen LogP contribution in [0.5, 0.6) is 0 Å². The van der Waals surface area contributed by atoms with E-state index in [1.54, 1.807) is 49.6 Å². The zero-order valence-corrected chi connectivity index (χ0v) is 20.3. The molecule has 0 bridgehead atoms. The van der Waals surface area contributed by atoms with Gasteiger partial charge >= 0.3 is 0 Å². The Morgan fingerprint density at radius 2 is 1.74 bits per heavy atom. The lowest BCUT2D eigenvalue weighted by Crippen LogP contribution is -2.16. The van der Waals surface area contributed by atoms with Crippen molar-refractivity contribution in [3.63, 3.8) is 0 Å². The van der Waals surface area contributed by atoms with Crippen LogP contribution in [0.25, 0.3) is 11.0 Å². The average Bonchev–Trinajstić information content (AvgIpc) is 3.20. The number of ether oxygens (including phenoxy) is 1. The van der Waals surface area contributed by atoms with Crippen LogP contribution < -0.4 is 10.6 Å². The zero-order valence-electron chi connectivity index (χ0n) is 18.8. The highest BCUT2D eigenvalue weighted by molar-refractivity contribution is 6.34. The van der Waals surface area contributed by atoms with Crippen molar-refractivity contribution >= 4 is 57.4 Å². The molecule has 4 rings (SSSR count). The molecule has 0 saturated carbocycles. The fourth-order valence-corrected chi connectivity index (χ4v) is 3.94. The number of carbonyl (C=O) groups is 2.